The van der Waals surface area contributed by atoms with Gasteiger partial charge in [-0.2, -0.15) is 0 Å². The Labute approximate surface area is 119 Å². The van der Waals surface area contributed by atoms with Crippen molar-refractivity contribution in [3.8, 4) is 0 Å². The molecule has 0 bridgehead atoms. The maximum absolute atomic E-state index is 5.77. The average molecular weight is 267 g/mol. The van der Waals surface area contributed by atoms with Crippen LogP contribution in [0.4, 0.5) is 0 Å². The van der Waals surface area contributed by atoms with Crippen molar-refractivity contribution in [3.63, 3.8) is 0 Å². The fourth-order valence-electron chi connectivity index (χ4n) is 4.45. The maximum Gasteiger partial charge on any atom is 0.113 e. The summed E-state index contributed by atoms with van der Waals surface area (Å²) in [5.74, 6) is 4.04. The number of benzene rings is 1. The van der Waals surface area contributed by atoms with Gasteiger partial charge in [0.1, 0.15) is 5.82 Å². The monoisotopic (exact) mass is 267 g/mol. The number of hydrogen-bond donors (Lipinski definition) is 1. The molecule has 20 heavy (non-hydrogen) atoms. The first-order valence-corrected chi connectivity index (χ1v) is 8.07. The molecule has 104 valence electrons. The third kappa shape index (κ3) is 1.47. The highest BCUT2D eigenvalue weighted by molar-refractivity contribution is 5.77. The van der Waals surface area contributed by atoms with Gasteiger partial charge in [-0.1, -0.05) is 12.5 Å². The van der Waals surface area contributed by atoms with E-state index in [9.17, 15) is 0 Å². The van der Waals surface area contributed by atoms with Crippen LogP contribution in [-0.4, -0.2) is 9.55 Å². The molecule has 1 aromatic carbocycles. The van der Waals surface area contributed by atoms with E-state index in [2.05, 4.69) is 22.8 Å². The Kier molecular flexibility index (Phi) is 2.18. The van der Waals surface area contributed by atoms with Gasteiger partial charge < -0.3 is 10.3 Å². The van der Waals surface area contributed by atoms with Crippen LogP contribution in [-0.2, 0) is 6.54 Å². The number of rotatable bonds is 3. The van der Waals surface area contributed by atoms with Crippen molar-refractivity contribution < 1.29 is 0 Å². The number of nitrogens with zero attached hydrogens (tertiary/aromatic N) is 2. The van der Waals surface area contributed by atoms with E-state index in [1.54, 1.807) is 0 Å². The van der Waals surface area contributed by atoms with Gasteiger partial charge >= 0.3 is 0 Å². The van der Waals surface area contributed by atoms with Gasteiger partial charge in [0.2, 0.25) is 0 Å². The Morgan fingerprint density at radius 3 is 2.65 bits per heavy atom. The van der Waals surface area contributed by atoms with Crippen molar-refractivity contribution >= 4 is 11.0 Å². The van der Waals surface area contributed by atoms with E-state index in [0.717, 1.165) is 23.8 Å². The molecule has 1 aromatic heterocycles. The number of nitrogens with two attached hydrogens (primary N) is 1. The molecule has 0 spiro atoms. The molecular formula is C17H21N3. The van der Waals surface area contributed by atoms with Gasteiger partial charge in [0, 0.05) is 18.5 Å². The maximum atomic E-state index is 5.77. The van der Waals surface area contributed by atoms with E-state index in [1.165, 1.54) is 54.5 Å². The standard InChI is InChI=1S/C17H21N3/c18-9-10-4-7-15-14(8-10)19-17(20(15)11-5-6-11)16-12-2-1-3-13(12)16/h4,7-8,11-13,16H,1-3,5-6,9,18H2. The van der Waals surface area contributed by atoms with Crippen LogP contribution in [0.25, 0.3) is 11.0 Å². The van der Waals surface area contributed by atoms with E-state index in [-0.39, 0.29) is 0 Å². The minimum absolute atomic E-state index is 0.607. The highest BCUT2D eigenvalue weighted by Gasteiger charge is 2.55. The SMILES string of the molecule is NCc1ccc2c(c1)nc(C1C3CCCC31)n2C1CC1. The van der Waals surface area contributed by atoms with Crippen LogP contribution >= 0.6 is 0 Å². The molecule has 0 saturated heterocycles. The molecule has 1 heterocycles. The van der Waals surface area contributed by atoms with Gasteiger partial charge in [-0.15, -0.1) is 0 Å². The summed E-state index contributed by atoms with van der Waals surface area (Å²) in [7, 11) is 0. The normalized spacial score (nSPS) is 31.8. The average Bonchev–Trinajstić information content (AvgIpc) is 3.35. The zero-order valence-corrected chi connectivity index (χ0v) is 11.8. The lowest BCUT2D eigenvalue weighted by Gasteiger charge is -2.09. The van der Waals surface area contributed by atoms with E-state index in [0.29, 0.717) is 6.54 Å². The van der Waals surface area contributed by atoms with Crippen LogP contribution in [0.5, 0.6) is 0 Å². The fourth-order valence-corrected chi connectivity index (χ4v) is 4.45. The number of hydrogen-bond acceptors (Lipinski definition) is 2. The molecular weight excluding hydrogens is 246 g/mol. The van der Waals surface area contributed by atoms with Gasteiger partial charge in [0.25, 0.3) is 0 Å². The van der Waals surface area contributed by atoms with Crippen LogP contribution in [0.3, 0.4) is 0 Å². The smallest absolute Gasteiger partial charge is 0.113 e. The summed E-state index contributed by atoms with van der Waals surface area (Å²) >= 11 is 0. The molecule has 2 atom stereocenters. The third-order valence-corrected chi connectivity index (χ3v) is 5.63. The van der Waals surface area contributed by atoms with Crippen LogP contribution in [0.1, 0.15) is 55.5 Å². The first kappa shape index (κ1) is 11.3. The third-order valence-electron chi connectivity index (χ3n) is 5.63. The van der Waals surface area contributed by atoms with Gasteiger partial charge in [0.15, 0.2) is 0 Å². The predicted molar refractivity (Wildman–Crippen MR) is 79.5 cm³/mol. The van der Waals surface area contributed by atoms with Gasteiger partial charge in [-0.05, 0) is 55.2 Å². The minimum Gasteiger partial charge on any atom is -0.326 e. The van der Waals surface area contributed by atoms with Crippen LogP contribution in [0, 0.1) is 11.8 Å². The molecule has 0 aliphatic heterocycles. The molecule has 3 heteroatoms. The van der Waals surface area contributed by atoms with Crippen LogP contribution < -0.4 is 5.73 Å². The highest BCUT2D eigenvalue weighted by Crippen LogP contribution is 2.63. The second-order valence-corrected chi connectivity index (χ2v) is 6.88. The minimum atomic E-state index is 0.607. The van der Waals surface area contributed by atoms with E-state index in [4.69, 9.17) is 10.7 Å². The Hall–Kier alpha value is -1.35. The zero-order chi connectivity index (χ0) is 13.3. The lowest BCUT2D eigenvalue weighted by Crippen LogP contribution is -2.02. The quantitative estimate of drug-likeness (QED) is 0.927. The largest absolute Gasteiger partial charge is 0.326 e. The van der Waals surface area contributed by atoms with Crippen molar-refractivity contribution in [2.45, 2.75) is 50.6 Å². The Morgan fingerprint density at radius 2 is 1.95 bits per heavy atom. The fraction of sp³-hybridized carbons (Fsp3) is 0.588. The van der Waals surface area contributed by atoms with E-state index in [1.807, 2.05) is 0 Å². The van der Waals surface area contributed by atoms with Gasteiger partial charge in [-0.3, -0.25) is 0 Å². The summed E-state index contributed by atoms with van der Waals surface area (Å²) < 4.78 is 2.57. The molecule has 0 amide bonds. The molecule has 3 aliphatic carbocycles. The summed E-state index contributed by atoms with van der Waals surface area (Å²) in [6.07, 6.45) is 6.96. The highest BCUT2D eigenvalue weighted by atomic mass is 15.1. The van der Waals surface area contributed by atoms with Crippen molar-refractivity contribution in [2.75, 3.05) is 0 Å². The molecule has 3 fully saturated rings. The van der Waals surface area contributed by atoms with Crippen LogP contribution in [0.2, 0.25) is 0 Å². The second-order valence-electron chi connectivity index (χ2n) is 6.88. The van der Waals surface area contributed by atoms with E-state index >= 15 is 0 Å². The van der Waals surface area contributed by atoms with E-state index < -0.39 is 0 Å². The lowest BCUT2D eigenvalue weighted by atomic mass is 10.1. The number of aromatic nitrogens is 2. The topological polar surface area (TPSA) is 43.8 Å². The Balaban J connectivity index is 1.66. The molecule has 2 aromatic rings. The molecule has 2 N–H and O–H groups in total. The summed E-state index contributed by atoms with van der Waals surface area (Å²) in [6.45, 7) is 0.607. The molecule has 3 aliphatic rings. The second kappa shape index (κ2) is 3.85. The van der Waals surface area contributed by atoms with Crippen molar-refractivity contribution in [1.82, 2.24) is 9.55 Å². The first-order chi connectivity index (χ1) is 9.86. The number of imidazole rings is 1. The molecule has 3 saturated carbocycles. The molecule has 5 rings (SSSR count). The van der Waals surface area contributed by atoms with Crippen molar-refractivity contribution in [1.29, 1.82) is 0 Å². The summed E-state index contributed by atoms with van der Waals surface area (Å²) in [5, 5.41) is 0. The molecule has 2 unspecified atom stereocenters. The molecule has 0 radical (unpaired) electrons. The molecule has 3 nitrogen and oxygen atoms in total. The Bertz CT molecular complexity index is 673. The Morgan fingerprint density at radius 1 is 1.15 bits per heavy atom. The van der Waals surface area contributed by atoms with Gasteiger partial charge in [-0.25, -0.2) is 4.98 Å². The van der Waals surface area contributed by atoms with Crippen LogP contribution in [0.15, 0.2) is 18.2 Å². The van der Waals surface area contributed by atoms with Gasteiger partial charge in [0.05, 0.1) is 11.0 Å². The summed E-state index contributed by atoms with van der Waals surface area (Å²) in [6, 6.07) is 7.32. The lowest BCUT2D eigenvalue weighted by molar-refractivity contribution is 0.616. The number of fused-ring (bicyclic) bond motifs is 2. The first-order valence-electron chi connectivity index (χ1n) is 8.07. The van der Waals surface area contributed by atoms with Crippen molar-refractivity contribution in [2.24, 2.45) is 17.6 Å². The summed E-state index contributed by atoms with van der Waals surface area (Å²) in [5.41, 5.74) is 9.47. The van der Waals surface area contributed by atoms with Crippen molar-refractivity contribution in [3.05, 3.63) is 29.6 Å². The summed E-state index contributed by atoms with van der Waals surface area (Å²) in [4.78, 5) is 5.03. The zero-order valence-electron chi connectivity index (χ0n) is 11.8. The predicted octanol–water partition coefficient (Wildman–Crippen LogP) is 3.34.